The van der Waals surface area contributed by atoms with Crippen LogP contribution in [0.1, 0.15) is 43.2 Å². The highest BCUT2D eigenvalue weighted by molar-refractivity contribution is 5.40. The molecule has 4 nitrogen and oxygen atoms in total. The van der Waals surface area contributed by atoms with Gasteiger partial charge in [0, 0.05) is 19.3 Å². The van der Waals surface area contributed by atoms with E-state index in [1.165, 1.54) is 36.8 Å². The van der Waals surface area contributed by atoms with Gasteiger partial charge >= 0.3 is 0 Å². The first kappa shape index (κ1) is 16.5. The number of nitrogens with one attached hydrogen (secondary N) is 2. The van der Waals surface area contributed by atoms with Crippen LogP contribution in [0.5, 0.6) is 0 Å². The fourth-order valence-corrected chi connectivity index (χ4v) is 3.03. The third-order valence-electron chi connectivity index (χ3n) is 4.33. The van der Waals surface area contributed by atoms with E-state index in [2.05, 4.69) is 57.9 Å². The van der Waals surface area contributed by atoms with E-state index in [0.717, 1.165) is 25.3 Å². The summed E-state index contributed by atoms with van der Waals surface area (Å²) in [7, 11) is 0. The second kappa shape index (κ2) is 8.48. The van der Waals surface area contributed by atoms with E-state index in [4.69, 9.17) is 0 Å². The van der Waals surface area contributed by atoms with E-state index in [0.29, 0.717) is 5.95 Å². The van der Waals surface area contributed by atoms with Gasteiger partial charge in [0.15, 0.2) is 0 Å². The normalized spacial score (nSPS) is 14.1. The van der Waals surface area contributed by atoms with Crippen molar-refractivity contribution < 1.29 is 0 Å². The molecule has 3 rings (SSSR count). The number of allylic oxidation sites excluding steroid dienone is 1. The topological polar surface area (TPSA) is 49.8 Å². The maximum atomic E-state index is 4.54. The average molecular weight is 322 g/mol. The molecule has 2 N–H and O–H groups in total. The lowest BCUT2D eigenvalue weighted by Crippen LogP contribution is -2.08. The van der Waals surface area contributed by atoms with Crippen molar-refractivity contribution in [3.8, 4) is 0 Å². The van der Waals surface area contributed by atoms with Crippen LogP contribution < -0.4 is 10.6 Å². The predicted octanol–water partition coefficient (Wildman–Crippen LogP) is 4.70. The Balaban J connectivity index is 1.49. The summed E-state index contributed by atoms with van der Waals surface area (Å²) in [6, 6.07) is 10.4. The summed E-state index contributed by atoms with van der Waals surface area (Å²) in [6.07, 6.45) is 10.5. The molecule has 1 aromatic heterocycles. The Kier molecular flexibility index (Phi) is 5.83. The summed E-state index contributed by atoms with van der Waals surface area (Å²) in [5, 5.41) is 6.70. The Morgan fingerprint density at radius 2 is 2.08 bits per heavy atom. The van der Waals surface area contributed by atoms with Crippen molar-refractivity contribution in [3.05, 3.63) is 59.3 Å². The molecule has 1 aliphatic carbocycles. The molecule has 0 aliphatic heterocycles. The van der Waals surface area contributed by atoms with Crippen LogP contribution in [0.4, 0.5) is 11.8 Å². The molecular formula is C20H26N4. The van der Waals surface area contributed by atoms with E-state index >= 15 is 0 Å². The summed E-state index contributed by atoms with van der Waals surface area (Å²) in [4.78, 5) is 8.84. The van der Waals surface area contributed by atoms with Gasteiger partial charge in [-0.25, -0.2) is 4.98 Å². The summed E-state index contributed by atoms with van der Waals surface area (Å²) >= 11 is 0. The molecule has 4 heteroatoms. The molecule has 1 heterocycles. The number of hydrogen-bond acceptors (Lipinski definition) is 4. The van der Waals surface area contributed by atoms with Crippen LogP contribution in [0.3, 0.4) is 0 Å². The zero-order valence-corrected chi connectivity index (χ0v) is 14.4. The second-order valence-corrected chi connectivity index (χ2v) is 6.39. The molecule has 2 aromatic rings. The van der Waals surface area contributed by atoms with Gasteiger partial charge in [0.2, 0.25) is 5.95 Å². The minimum Gasteiger partial charge on any atom is -0.370 e. The van der Waals surface area contributed by atoms with E-state index in [-0.39, 0.29) is 0 Å². The Bertz CT molecular complexity index is 694. The lowest BCUT2D eigenvalue weighted by molar-refractivity contribution is 0.679. The molecule has 0 bridgehead atoms. The summed E-state index contributed by atoms with van der Waals surface area (Å²) in [6.45, 7) is 3.77. The summed E-state index contributed by atoms with van der Waals surface area (Å²) in [5.41, 5.74) is 4.09. The molecule has 1 aliphatic rings. The van der Waals surface area contributed by atoms with Gasteiger partial charge in [-0.15, -0.1) is 0 Å². The quantitative estimate of drug-likeness (QED) is 0.726. The Morgan fingerprint density at radius 3 is 2.92 bits per heavy atom. The first-order chi connectivity index (χ1) is 11.8. The number of aryl methyl sites for hydroxylation is 1. The lowest BCUT2D eigenvalue weighted by atomic mass is 9.97. The molecule has 0 fully saturated rings. The number of rotatable bonds is 7. The van der Waals surface area contributed by atoms with Gasteiger partial charge in [0.05, 0.1) is 0 Å². The van der Waals surface area contributed by atoms with Crippen LogP contribution in [-0.2, 0) is 6.54 Å². The third-order valence-corrected chi connectivity index (χ3v) is 4.33. The Hall–Kier alpha value is -2.36. The minimum absolute atomic E-state index is 0.665. The Labute approximate surface area is 144 Å². The molecule has 0 saturated heterocycles. The fourth-order valence-electron chi connectivity index (χ4n) is 3.03. The zero-order valence-electron chi connectivity index (χ0n) is 14.4. The van der Waals surface area contributed by atoms with Crippen molar-refractivity contribution >= 4 is 11.8 Å². The summed E-state index contributed by atoms with van der Waals surface area (Å²) < 4.78 is 0. The van der Waals surface area contributed by atoms with Crippen LogP contribution in [-0.4, -0.2) is 16.5 Å². The number of aromatic nitrogens is 2. The number of anilines is 2. The SMILES string of the molecule is Cc1cccc(CNc2nccc(NCCC3=CCCCC3)n2)c1. The zero-order chi connectivity index (χ0) is 16.6. The van der Waals surface area contributed by atoms with E-state index in [9.17, 15) is 0 Å². The smallest absolute Gasteiger partial charge is 0.224 e. The standard InChI is InChI=1S/C20H26N4/c1-16-6-5-9-18(14-16)15-23-20-22-13-11-19(24-20)21-12-10-17-7-3-2-4-8-17/h5-7,9,11,13-14H,2-4,8,10,12,15H2,1H3,(H2,21,22,23,24). The van der Waals surface area contributed by atoms with E-state index in [1.807, 2.05) is 6.07 Å². The van der Waals surface area contributed by atoms with Gasteiger partial charge in [-0.3, -0.25) is 0 Å². The minimum atomic E-state index is 0.665. The Morgan fingerprint density at radius 1 is 1.12 bits per heavy atom. The maximum absolute atomic E-state index is 4.54. The molecule has 0 atom stereocenters. The molecule has 24 heavy (non-hydrogen) atoms. The molecule has 1 aromatic carbocycles. The highest BCUT2D eigenvalue weighted by atomic mass is 15.1. The average Bonchev–Trinajstić information content (AvgIpc) is 2.61. The predicted molar refractivity (Wildman–Crippen MR) is 100 cm³/mol. The van der Waals surface area contributed by atoms with Crippen LogP contribution in [0.25, 0.3) is 0 Å². The van der Waals surface area contributed by atoms with Crippen molar-refractivity contribution in [1.82, 2.24) is 9.97 Å². The summed E-state index contributed by atoms with van der Waals surface area (Å²) in [5.74, 6) is 1.55. The van der Waals surface area contributed by atoms with Crippen LogP contribution in [0.2, 0.25) is 0 Å². The number of nitrogens with zero attached hydrogens (tertiary/aromatic N) is 2. The molecule has 126 valence electrons. The van der Waals surface area contributed by atoms with Gasteiger partial charge in [0.25, 0.3) is 0 Å². The van der Waals surface area contributed by atoms with Gasteiger partial charge in [-0.05, 0) is 50.7 Å². The second-order valence-electron chi connectivity index (χ2n) is 6.39. The van der Waals surface area contributed by atoms with Crippen molar-refractivity contribution in [1.29, 1.82) is 0 Å². The molecule has 0 radical (unpaired) electrons. The van der Waals surface area contributed by atoms with Gasteiger partial charge in [-0.1, -0.05) is 41.5 Å². The largest absolute Gasteiger partial charge is 0.370 e. The van der Waals surface area contributed by atoms with Gasteiger partial charge in [-0.2, -0.15) is 4.98 Å². The molecule has 0 saturated carbocycles. The van der Waals surface area contributed by atoms with Crippen LogP contribution in [0, 0.1) is 6.92 Å². The fraction of sp³-hybridized carbons (Fsp3) is 0.400. The van der Waals surface area contributed by atoms with E-state index in [1.54, 1.807) is 11.8 Å². The van der Waals surface area contributed by atoms with Crippen molar-refractivity contribution in [2.24, 2.45) is 0 Å². The molecule has 0 unspecified atom stereocenters. The third kappa shape index (κ3) is 5.08. The first-order valence-electron chi connectivity index (χ1n) is 8.84. The maximum Gasteiger partial charge on any atom is 0.224 e. The van der Waals surface area contributed by atoms with Crippen LogP contribution in [0.15, 0.2) is 48.2 Å². The number of hydrogen-bond donors (Lipinski definition) is 2. The van der Waals surface area contributed by atoms with E-state index < -0.39 is 0 Å². The lowest BCUT2D eigenvalue weighted by Gasteiger charge is -2.13. The van der Waals surface area contributed by atoms with Crippen molar-refractivity contribution in [2.45, 2.75) is 45.6 Å². The van der Waals surface area contributed by atoms with Gasteiger partial charge < -0.3 is 10.6 Å². The molecule has 0 amide bonds. The van der Waals surface area contributed by atoms with Crippen molar-refractivity contribution in [3.63, 3.8) is 0 Å². The first-order valence-corrected chi connectivity index (χ1v) is 8.84. The molecular weight excluding hydrogens is 296 g/mol. The van der Waals surface area contributed by atoms with Gasteiger partial charge in [0.1, 0.15) is 5.82 Å². The highest BCUT2D eigenvalue weighted by Gasteiger charge is 2.04. The van der Waals surface area contributed by atoms with Crippen molar-refractivity contribution in [2.75, 3.05) is 17.2 Å². The molecule has 0 spiro atoms. The number of benzene rings is 1. The van der Waals surface area contributed by atoms with Crippen LogP contribution >= 0.6 is 0 Å². The highest BCUT2D eigenvalue weighted by Crippen LogP contribution is 2.20. The monoisotopic (exact) mass is 322 g/mol.